The van der Waals surface area contributed by atoms with Crippen molar-refractivity contribution in [2.24, 2.45) is 0 Å². The van der Waals surface area contributed by atoms with Gasteiger partial charge in [0.25, 0.3) is 5.91 Å². The van der Waals surface area contributed by atoms with Crippen molar-refractivity contribution in [2.75, 3.05) is 19.3 Å². The van der Waals surface area contributed by atoms with Crippen LogP contribution in [0.2, 0.25) is 0 Å². The van der Waals surface area contributed by atoms with E-state index in [0.29, 0.717) is 35.7 Å². The predicted molar refractivity (Wildman–Crippen MR) is 106 cm³/mol. The number of carbonyl (C=O) groups is 1. The molecule has 0 saturated carbocycles. The molecule has 1 aliphatic heterocycles. The summed E-state index contributed by atoms with van der Waals surface area (Å²) in [6, 6.07) is 7.40. The van der Waals surface area contributed by atoms with Crippen molar-refractivity contribution in [3.8, 4) is 23.2 Å². The first-order valence-electron chi connectivity index (χ1n) is 8.87. The van der Waals surface area contributed by atoms with Gasteiger partial charge in [0, 0.05) is 48.9 Å². The maximum Gasteiger partial charge on any atom is 0.267 e. The molecule has 1 amide bonds. The molecule has 0 spiro atoms. The Kier molecular flexibility index (Phi) is 4.21. The molecule has 3 aromatic rings. The normalized spacial score (nSPS) is 19.0. The lowest BCUT2D eigenvalue weighted by Crippen LogP contribution is -2.37. The molecule has 0 aliphatic carbocycles. The molecule has 0 bridgehead atoms. The predicted octanol–water partition coefficient (Wildman–Crippen LogP) is 1.53. The highest BCUT2D eigenvalue weighted by Gasteiger charge is 2.42. The first kappa shape index (κ1) is 17.9. The maximum atomic E-state index is 12.1. The van der Waals surface area contributed by atoms with Gasteiger partial charge in [0.05, 0.1) is 0 Å². The topological polar surface area (TPSA) is 105 Å². The SMILES string of the molecule is Cc1c(C#C[C@]2(O)CCN(C)C2=O)cccc1-c1ncc2ccnc(N)c2n1. The average molecular weight is 373 g/mol. The molecule has 0 radical (unpaired) electrons. The number of aliphatic hydroxyl groups is 1. The van der Waals surface area contributed by atoms with Crippen LogP contribution in [0.3, 0.4) is 0 Å². The number of aromatic nitrogens is 3. The third-order valence-corrected chi connectivity index (χ3v) is 5.02. The van der Waals surface area contributed by atoms with E-state index >= 15 is 0 Å². The van der Waals surface area contributed by atoms with Crippen LogP contribution in [0.15, 0.2) is 36.7 Å². The molecule has 7 heteroatoms. The fourth-order valence-electron chi connectivity index (χ4n) is 3.26. The number of likely N-dealkylation sites (N-methyl/N-ethyl adjacent to an activating group) is 1. The van der Waals surface area contributed by atoms with Gasteiger partial charge in [0.15, 0.2) is 5.82 Å². The number of anilines is 1. The van der Waals surface area contributed by atoms with Gasteiger partial charge in [0.2, 0.25) is 5.60 Å². The van der Waals surface area contributed by atoms with Crippen molar-refractivity contribution in [1.29, 1.82) is 0 Å². The van der Waals surface area contributed by atoms with Crippen LogP contribution >= 0.6 is 0 Å². The number of nitrogens with two attached hydrogens (primary N) is 1. The van der Waals surface area contributed by atoms with Crippen molar-refractivity contribution in [3.05, 3.63) is 47.8 Å². The Labute approximate surface area is 162 Å². The lowest BCUT2D eigenvalue weighted by atomic mass is 9.99. The summed E-state index contributed by atoms with van der Waals surface area (Å²) in [5.74, 6) is 6.22. The third kappa shape index (κ3) is 2.94. The summed E-state index contributed by atoms with van der Waals surface area (Å²) in [5, 5.41) is 11.3. The molecule has 1 aromatic carbocycles. The number of rotatable bonds is 1. The van der Waals surface area contributed by atoms with E-state index in [1.165, 1.54) is 4.90 Å². The summed E-state index contributed by atoms with van der Waals surface area (Å²) in [7, 11) is 1.66. The lowest BCUT2D eigenvalue weighted by Gasteiger charge is -2.13. The number of hydrogen-bond donors (Lipinski definition) is 2. The molecule has 4 rings (SSSR count). The van der Waals surface area contributed by atoms with Gasteiger partial charge in [-0.2, -0.15) is 0 Å². The van der Waals surface area contributed by atoms with Gasteiger partial charge in [-0.3, -0.25) is 4.79 Å². The van der Waals surface area contributed by atoms with E-state index in [-0.39, 0.29) is 5.91 Å². The van der Waals surface area contributed by atoms with Crippen LogP contribution in [-0.2, 0) is 4.79 Å². The first-order chi connectivity index (χ1) is 13.4. The Bertz CT molecular complexity index is 1160. The minimum Gasteiger partial charge on any atom is -0.382 e. The average Bonchev–Trinajstić information content (AvgIpc) is 2.95. The second-order valence-corrected chi connectivity index (χ2v) is 6.89. The highest BCUT2D eigenvalue weighted by molar-refractivity contribution is 5.90. The maximum absolute atomic E-state index is 12.1. The van der Waals surface area contributed by atoms with E-state index in [1.807, 2.05) is 25.1 Å². The number of fused-ring (bicyclic) bond motifs is 1. The van der Waals surface area contributed by atoms with Crippen molar-refractivity contribution in [1.82, 2.24) is 19.9 Å². The Morgan fingerprint density at radius 2 is 2.11 bits per heavy atom. The molecule has 7 nitrogen and oxygen atoms in total. The number of pyridine rings is 1. The van der Waals surface area contributed by atoms with Crippen LogP contribution in [0, 0.1) is 18.8 Å². The lowest BCUT2D eigenvalue weighted by molar-refractivity contribution is -0.137. The van der Waals surface area contributed by atoms with E-state index in [9.17, 15) is 9.90 Å². The Hall–Kier alpha value is -3.50. The van der Waals surface area contributed by atoms with Crippen LogP contribution < -0.4 is 5.73 Å². The van der Waals surface area contributed by atoms with Crippen LogP contribution in [0.5, 0.6) is 0 Å². The number of benzene rings is 1. The summed E-state index contributed by atoms with van der Waals surface area (Å²) < 4.78 is 0. The Morgan fingerprint density at radius 3 is 2.86 bits per heavy atom. The second kappa shape index (κ2) is 6.59. The zero-order chi connectivity index (χ0) is 19.9. The van der Waals surface area contributed by atoms with Crippen LogP contribution in [0.25, 0.3) is 22.3 Å². The fraction of sp³-hybridized carbons (Fsp3) is 0.238. The van der Waals surface area contributed by atoms with Gasteiger partial charge in [-0.25, -0.2) is 15.0 Å². The second-order valence-electron chi connectivity index (χ2n) is 6.89. The minimum absolute atomic E-state index is 0.300. The third-order valence-electron chi connectivity index (χ3n) is 5.02. The number of amides is 1. The summed E-state index contributed by atoms with van der Waals surface area (Å²) >= 11 is 0. The number of hydrogen-bond acceptors (Lipinski definition) is 6. The van der Waals surface area contributed by atoms with Gasteiger partial charge in [-0.1, -0.05) is 24.0 Å². The molecule has 28 heavy (non-hydrogen) atoms. The van der Waals surface area contributed by atoms with Crippen molar-refractivity contribution in [3.63, 3.8) is 0 Å². The summed E-state index contributed by atoms with van der Waals surface area (Å²) in [4.78, 5) is 26.7. The molecular formula is C21H19N5O2. The van der Waals surface area contributed by atoms with E-state index in [4.69, 9.17) is 5.73 Å². The summed E-state index contributed by atoms with van der Waals surface area (Å²) in [6.45, 7) is 2.40. The minimum atomic E-state index is -1.63. The molecule has 0 unspecified atom stereocenters. The number of carbonyl (C=O) groups excluding carboxylic acids is 1. The molecule has 1 atom stereocenters. The molecule has 1 aliphatic rings. The molecule has 3 heterocycles. The number of nitrogens with zero attached hydrogens (tertiary/aromatic N) is 4. The van der Waals surface area contributed by atoms with Crippen LogP contribution in [0.1, 0.15) is 17.5 Å². The smallest absolute Gasteiger partial charge is 0.267 e. The molecular weight excluding hydrogens is 354 g/mol. The zero-order valence-electron chi connectivity index (χ0n) is 15.6. The van der Waals surface area contributed by atoms with Crippen LogP contribution in [0.4, 0.5) is 5.82 Å². The van der Waals surface area contributed by atoms with E-state index in [1.54, 1.807) is 25.5 Å². The quantitative estimate of drug-likeness (QED) is 0.627. The Morgan fingerprint density at radius 1 is 1.29 bits per heavy atom. The summed E-state index contributed by atoms with van der Waals surface area (Å²) in [5.41, 5.74) is 7.28. The highest BCUT2D eigenvalue weighted by atomic mass is 16.3. The molecule has 2 aromatic heterocycles. The van der Waals surface area contributed by atoms with Crippen molar-refractivity contribution < 1.29 is 9.90 Å². The van der Waals surface area contributed by atoms with Gasteiger partial charge >= 0.3 is 0 Å². The van der Waals surface area contributed by atoms with Gasteiger partial charge in [-0.05, 0) is 24.6 Å². The van der Waals surface area contributed by atoms with Crippen molar-refractivity contribution in [2.45, 2.75) is 18.9 Å². The summed E-state index contributed by atoms with van der Waals surface area (Å²) in [6.07, 6.45) is 3.63. The number of likely N-dealkylation sites (tertiary alicyclic amines) is 1. The Balaban J connectivity index is 1.76. The van der Waals surface area contributed by atoms with E-state index in [0.717, 1.165) is 16.5 Å². The van der Waals surface area contributed by atoms with E-state index in [2.05, 4.69) is 26.8 Å². The first-order valence-corrected chi connectivity index (χ1v) is 8.87. The fourth-order valence-corrected chi connectivity index (χ4v) is 3.26. The van der Waals surface area contributed by atoms with Crippen molar-refractivity contribution >= 4 is 22.6 Å². The molecule has 1 saturated heterocycles. The molecule has 3 N–H and O–H groups in total. The van der Waals surface area contributed by atoms with Crippen LogP contribution in [-0.4, -0.2) is 50.1 Å². The highest BCUT2D eigenvalue weighted by Crippen LogP contribution is 2.26. The zero-order valence-corrected chi connectivity index (χ0v) is 15.6. The van der Waals surface area contributed by atoms with Gasteiger partial charge < -0.3 is 15.7 Å². The van der Waals surface area contributed by atoms with Gasteiger partial charge in [0.1, 0.15) is 11.3 Å². The molecule has 1 fully saturated rings. The van der Waals surface area contributed by atoms with Gasteiger partial charge in [-0.15, -0.1) is 0 Å². The monoisotopic (exact) mass is 373 g/mol. The largest absolute Gasteiger partial charge is 0.382 e. The number of nitrogen functional groups attached to an aromatic ring is 1. The van der Waals surface area contributed by atoms with E-state index < -0.39 is 5.60 Å². The standard InChI is InChI=1S/C21H19N5O2/c1-13-14(6-8-21(28)9-11-26(2)20(21)27)4-3-5-16(13)19-24-12-15-7-10-23-18(22)17(15)25-19/h3-5,7,10,12,28H,9,11H2,1-2H3,(H2,22,23)/t21-/m0/s1. The molecule has 140 valence electrons.